The Morgan fingerprint density at radius 2 is 1.89 bits per heavy atom. The Kier molecular flexibility index (Phi) is 4.95. The zero-order chi connectivity index (χ0) is 13.6. The van der Waals surface area contributed by atoms with Gasteiger partial charge in [-0.3, -0.25) is 0 Å². The number of amides is 1. The smallest absolute Gasteiger partial charge is 0.408 e. The molecule has 0 fully saturated rings. The van der Waals surface area contributed by atoms with Crippen LogP contribution in [0.1, 0.15) is 33.3 Å². The monoisotopic (exact) mass is 247 g/mol. The summed E-state index contributed by atoms with van der Waals surface area (Å²) in [6, 6.07) is 9.88. The Bertz CT molecular complexity index is 404. The molecule has 1 N–H and O–H groups in total. The van der Waals surface area contributed by atoms with Gasteiger partial charge in [0, 0.05) is 6.04 Å². The fraction of sp³-hybridized carbons (Fsp3) is 0.400. The molecule has 0 saturated carbocycles. The second-order valence-electron chi connectivity index (χ2n) is 5.20. The van der Waals surface area contributed by atoms with Gasteiger partial charge in [-0.15, -0.1) is 0 Å². The summed E-state index contributed by atoms with van der Waals surface area (Å²) in [5, 5.41) is 2.76. The molecule has 0 aliphatic carbocycles. The van der Waals surface area contributed by atoms with Gasteiger partial charge in [0.05, 0.1) is 0 Å². The van der Waals surface area contributed by atoms with E-state index in [0.717, 1.165) is 5.56 Å². The Morgan fingerprint density at radius 1 is 1.28 bits per heavy atom. The average Bonchev–Trinajstić information content (AvgIpc) is 2.25. The molecule has 1 aromatic carbocycles. The number of alkyl carbamates (subject to hydrolysis) is 1. The highest BCUT2D eigenvalue weighted by atomic mass is 16.6. The van der Waals surface area contributed by atoms with Gasteiger partial charge in [-0.1, -0.05) is 42.5 Å². The lowest BCUT2D eigenvalue weighted by atomic mass is 10.2. The first-order chi connectivity index (χ1) is 8.37. The lowest BCUT2D eigenvalue weighted by molar-refractivity contribution is 0.0518. The first-order valence-corrected chi connectivity index (χ1v) is 6.09. The van der Waals surface area contributed by atoms with Gasteiger partial charge >= 0.3 is 6.09 Å². The predicted molar refractivity (Wildman–Crippen MR) is 74.3 cm³/mol. The summed E-state index contributed by atoms with van der Waals surface area (Å²) in [7, 11) is 0. The van der Waals surface area contributed by atoms with E-state index in [-0.39, 0.29) is 6.04 Å². The van der Waals surface area contributed by atoms with Gasteiger partial charge in [-0.25, -0.2) is 4.79 Å². The molecule has 0 aliphatic heterocycles. The summed E-state index contributed by atoms with van der Waals surface area (Å²) >= 11 is 0. The summed E-state index contributed by atoms with van der Waals surface area (Å²) in [4.78, 5) is 11.5. The van der Waals surface area contributed by atoms with Crippen LogP contribution in [0.15, 0.2) is 36.4 Å². The van der Waals surface area contributed by atoms with Crippen LogP contribution in [-0.4, -0.2) is 17.7 Å². The molecule has 0 spiro atoms. The molecule has 98 valence electrons. The average molecular weight is 247 g/mol. The molecule has 0 radical (unpaired) electrons. The number of rotatable bonds is 3. The largest absolute Gasteiger partial charge is 0.444 e. The fourth-order valence-corrected chi connectivity index (χ4v) is 1.36. The molecule has 0 saturated heterocycles. The number of benzene rings is 1. The zero-order valence-electron chi connectivity index (χ0n) is 11.4. The third kappa shape index (κ3) is 6.09. The van der Waals surface area contributed by atoms with Gasteiger partial charge in [0.25, 0.3) is 0 Å². The Hall–Kier alpha value is -1.77. The second kappa shape index (κ2) is 6.24. The van der Waals surface area contributed by atoms with Crippen LogP contribution in [0.25, 0.3) is 6.08 Å². The van der Waals surface area contributed by atoms with E-state index in [4.69, 9.17) is 4.74 Å². The molecule has 3 heteroatoms. The third-order valence-electron chi connectivity index (χ3n) is 2.12. The number of carbonyl (C=O) groups excluding carboxylic acids is 1. The van der Waals surface area contributed by atoms with Gasteiger partial charge in [-0.05, 0) is 33.3 Å². The van der Waals surface area contributed by atoms with Crippen LogP contribution in [0.4, 0.5) is 4.79 Å². The van der Waals surface area contributed by atoms with Crippen molar-refractivity contribution in [1.82, 2.24) is 5.32 Å². The van der Waals surface area contributed by atoms with Gasteiger partial charge < -0.3 is 10.1 Å². The van der Waals surface area contributed by atoms with E-state index in [9.17, 15) is 4.79 Å². The second-order valence-corrected chi connectivity index (χ2v) is 5.20. The molecule has 1 amide bonds. The first kappa shape index (κ1) is 14.3. The van der Waals surface area contributed by atoms with Gasteiger partial charge in [0.15, 0.2) is 0 Å². The van der Waals surface area contributed by atoms with Crippen molar-refractivity contribution in [1.29, 1.82) is 0 Å². The third-order valence-corrected chi connectivity index (χ3v) is 2.12. The van der Waals surface area contributed by atoms with E-state index in [1.54, 1.807) is 0 Å². The highest BCUT2D eigenvalue weighted by molar-refractivity contribution is 5.68. The lowest BCUT2D eigenvalue weighted by Crippen LogP contribution is -2.36. The van der Waals surface area contributed by atoms with E-state index in [1.165, 1.54) is 0 Å². The van der Waals surface area contributed by atoms with Crippen LogP contribution in [0, 0.1) is 0 Å². The van der Waals surface area contributed by atoms with E-state index < -0.39 is 11.7 Å². The normalized spacial score (nSPS) is 13.3. The zero-order valence-corrected chi connectivity index (χ0v) is 11.4. The first-order valence-electron chi connectivity index (χ1n) is 6.09. The molecular weight excluding hydrogens is 226 g/mol. The van der Waals surface area contributed by atoms with Crippen LogP contribution in [0.2, 0.25) is 0 Å². The summed E-state index contributed by atoms with van der Waals surface area (Å²) in [5.41, 5.74) is 0.641. The van der Waals surface area contributed by atoms with Crippen molar-refractivity contribution >= 4 is 12.2 Å². The maximum absolute atomic E-state index is 11.5. The van der Waals surface area contributed by atoms with Gasteiger partial charge in [0.1, 0.15) is 5.60 Å². The number of hydrogen-bond donors (Lipinski definition) is 1. The minimum atomic E-state index is -0.465. The number of carbonyl (C=O) groups is 1. The Morgan fingerprint density at radius 3 is 2.44 bits per heavy atom. The quantitative estimate of drug-likeness (QED) is 0.886. The van der Waals surface area contributed by atoms with Crippen molar-refractivity contribution in [2.75, 3.05) is 0 Å². The number of ether oxygens (including phenoxy) is 1. The maximum Gasteiger partial charge on any atom is 0.408 e. The molecular formula is C15H21NO2. The predicted octanol–water partition coefficient (Wildman–Crippen LogP) is 3.61. The summed E-state index contributed by atoms with van der Waals surface area (Å²) < 4.78 is 5.18. The van der Waals surface area contributed by atoms with Gasteiger partial charge in [0.2, 0.25) is 0 Å². The lowest BCUT2D eigenvalue weighted by Gasteiger charge is -2.20. The maximum atomic E-state index is 11.5. The molecule has 0 bridgehead atoms. The van der Waals surface area contributed by atoms with E-state index >= 15 is 0 Å². The topological polar surface area (TPSA) is 38.3 Å². The highest BCUT2D eigenvalue weighted by Crippen LogP contribution is 2.07. The molecule has 0 aromatic heterocycles. The van der Waals surface area contributed by atoms with E-state index in [2.05, 4.69) is 5.32 Å². The molecule has 1 atom stereocenters. The molecule has 3 nitrogen and oxygen atoms in total. The molecule has 1 rings (SSSR count). The summed E-state index contributed by atoms with van der Waals surface area (Å²) in [6.07, 6.45) is 3.51. The van der Waals surface area contributed by atoms with Gasteiger partial charge in [-0.2, -0.15) is 0 Å². The molecule has 0 heterocycles. The molecule has 1 aromatic rings. The standard InChI is InChI=1S/C15H21NO2/c1-12(16-14(17)18-15(2,3)4)10-11-13-8-6-5-7-9-13/h5-12H,1-4H3,(H,16,17)/b11-10+/t12-/m1/s1. The van der Waals surface area contributed by atoms with Crippen LogP contribution >= 0.6 is 0 Å². The van der Waals surface area contributed by atoms with Crippen molar-refractivity contribution in [3.63, 3.8) is 0 Å². The SMILES string of the molecule is C[C@H](/C=C/c1ccccc1)NC(=O)OC(C)(C)C. The summed E-state index contributed by atoms with van der Waals surface area (Å²) in [5.74, 6) is 0. The van der Waals surface area contributed by atoms with Crippen molar-refractivity contribution < 1.29 is 9.53 Å². The van der Waals surface area contributed by atoms with E-state index in [1.807, 2.05) is 70.2 Å². The number of hydrogen-bond acceptors (Lipinski definition) is 2. The van der Waals surface area contributed by atoms with Crippen LogP contribution in [-0.2, 0) is 4.74 Å². The number of nitrogens with one attached hydrogen (secondary N) is 1. The minimum absolute atomic E-state index is 0.0694. The highest BCUT2D eigenvalue weighted by Gasteiger charge is 2.16. The van der Waals surface area contributed by atoms with Crippen molar-refractivity contribution in [2.45, 2.75) is 39.3 Å². The van der Waals surface area contributed by atoms with Crippen molar-refractivity contribution in [3.05, 3.63) is 42.0 Å². The molecule has 0 unspecified atom stereocenters. The van der Waals surface area contributed by atoms with Crippen molar-refractivity contribution in [3.8, 4) is 0 Å². The molecule has 0 aliphatic rings. The Labute approximate surface area is 109 Å². The van der Waals surface area contributed by atoms with Crippen LogP contribution < -0.4 is 5.32 Å². The minimum Gasteiger partial charge on any atom is -0.444 e. The van der Waals surface area contributed by atoms with Crippen LogP contribution in [0.3, 0.4) is 0 Å². The van der Waals surface area contributed by atoms with Crippen molar-refractivity contribution in [2.24, 2.45) is 0 Å². The molecule has 18 heavy (non-hydrogen) atoms. The van der Waals surface area contributed by atoms with E-state index in [0.29, 0.717) is 0 Å². The Balaban J connectivity index is 2.45. The van der Waals surface area contributed by atoms with Crippen LogP contribution in [0.5, 0.6) is 0 Å². The summed E-state index contributed by atoms with van der Waals surface area (Å²) in [6.45, 7) is 7.44. The fourth-order valence-electron chi connectivity index (χ4n) is 1.36.